The van der Waals surface area contributed by atoms with Crippen LogP contribution in [0.25, 0.3) is 0 Å². The summed E-state index contributed by atoms with van der Waals surface area (Å²) in [6.45, 7) is 3.88. The molecule has 3 N–H and O–H groups in total. The van der Waals surface area contributed by atoms with E-state index in [1.807, 2.05) is 6.92 Å². The summed E-state index contributed by atoms with van der Waals surface area (Å²) in [5.74, 6) is 0. The molecular weight excluding hydrogens is 260 g/mol. The summed E-state index contributed by atoms with van der Waals surface area (Å²) >= 11 is 5.81. The molecule has 0 radical (unpaired) electrons. The average Bonchev–Trinajstić information content (AvgIpc) is 2.29. The summed E-state index contributed by atoms with van der Waals surface area (Å²) in [6.07, 6.45) is 0.648. The van der Waals surface area contributed by atoms with Gasteiger partial charge in [-0.3, -0.25) is 0 Å². The zero-order valence-electron chi connectivity index (χ0n) is 9.90. The number of sulfonamides is 1. The normalized spacial score (nSPS) is 13.6. The van der Waals surface area contributed by atoms with Crippen LogP contribution in [0.1, 0.15) is 18.9 Å². The van der Waals surface area contributed by atoms with Crippen molar-refractivity contribution in [2.24, 2.45) is 5.73 Å². The smallest absolute Gasteiger partial charge is 0.241 e. The van der Waals surface area contributed by atoms with Crippen molar-refractivity contribution in [1.29, 1.82) is 0 Å². The molecule has 6 heteroatoms. The molecule has 1 atom stereocenters. The van der Waals surface area contributed by atoms with Gasteiger partial charge in [-0.1, -0.05) is 24.6 Å². The van der Waals surface area contributed by atoms with Crippen LogP contribution in [0, 0.1) is 6.92 Å². The highest BCUT2D eigenvalue weighted by atomic mass is 35.5. The van der Waals surface area contributed by atoms with E-state index in [1.54, 1.807) is 19.1 Å². The summed E-state index contributed by atoms with van der Waals surface area (Å²) in [6, 6.07) is 4.54. The molecule has 0 saturated carbocycles. The lowest BCUT2D eigenvalue weighted by Crippen LogP contribution is -2.39. The fourth-order valence-corrected chi connectivity index (χ4v) is 3.28. The second-order valence-corrected chi connectivity index (χ2v) is 5.99. The van der Waals surface area contributed by atoms with E-state index in [9.17, 15) is 8.42 Å². The van der Waals surface area contributed by atoms with Gasteiger partial charge >= 0.3 is 0 Å². The maximum absolute atomic E-state index is 12.1. The highest BCUT2D eigenvalue weighted by molar-refractivity contribution is 7.89. The van der Waals surface area contributed by atoms with E-state index >= 15 is 0 Å². The molecule has 0 bridgehead atoms. The Morgan fingerprint density at radius 3 is 2.65 bits per heavy atom. The first-order chi connectivity index (χ1) is 7.90. The number of hydrogen-bond donors (Lipinski definition) is 2. The minimum absolute atomic E-state index is 0.205. The molecule has 0 aliphatic rings. The van der Waals surface area contributed by atoms with E-state index in [1.165, 1.54) is 6.07 Å². The van der Waals surface area contributed by atoms with E-state index in [0.29, 0.717) is 17.0 Å². The summed E-state index contributed by atoms with van der Waals surface area (Å²) in [5, 5.41) is 0.400. The maximum atomic E-state index is 12.1. The van der Waals surface area contributed by atoms with Crippen LogP contribution >= 0.6 is 11.6 Å². The van der Waals surface area contributed by atoms with Crippen molar-refractivity contribution >= 4 is 21.6 Å². The molecule has 0 heterocycles. The number of benzene rings is 1. The minimum Gasteiger partial charge on any atom is -0.329 e. The lowest BCUT2D eigenvalue weighted by molar-refractivity contribution is 0.542. The largest absolute Gasteiger partial charge is 0.329 e. The van der Waals surface area contributed by atoms with Crippen LogP contribution in [-0.4, -0.2) is 21.0 Å². The zero-order chi connectivity index (χ0) is 13.1. The second-order valence-electron chi connectivity index (χ2n) is 3.87. The van der Waals surface area contributed by atoms with Gasteiger partial charge in [-0.05, 0) is 31.0 Å². The number of hydrogen-bond acceptors (Lipinski definition) is 3. The van der Waals surface area contributed by atoms with Gasteiger partial charge in [-0.15, -0.1) is 0 Å². The third kappa shape index (κ3) is 3.67. The molecule has 0 saturated heterocycles. The first kappa shape index (κ1) is 14.4. The van der Waals surface area contributed by atoms with Gasteiger partial charge in [0.2, 0.25) is 10.0 Å². The molecule has 0 aromatic heterocycles. The average molecular weight is 277 g/mol. The Bertz CT molecular complexity index is 484. The van der Waals surface area contributed by atoms with Crippen molar-refractivity contribution in [1.82, 2.24) is 4.72 Å². The number of nitrogens with two attached hydrogens (primary N) is 1. The van der Waals surface area contributed by atoms with Crippen LogP contribution in [-0.2, 0) is 10.0 Å². The van der Waals surface area contributed by atoms with Crippen molar-refractivity contribution < 1.29 is 8.42 Å². The van der Waals surface area contributed by atoms with Gasteiger partial charge in [-0.2, -0.15) is 0 Å². The van der Waals surface area contributed by atoms with E-state index in [-0.39, 0.29) is 17.5 Å². The fourth-order valence-electron chi connectivity index (χ4n) is 1.44. The highest BCUT2D eigenvalue weighted by Gasteiger charge is 2.20. The number of rotatable bonds is 5. The molecule has 1 unspecified atom stereocenters. The standard InChI is InChI=1S/C11H17ClN2O2S/c1-3-10(7-13)14-17(15,16)11-6-9(12)5-4-8(11)2/h4-6,10,14H,3,7,13H2,1-2H3. The molecule has 4 nitrogen and oxygen atoms in total. The predicted octanol–water partition coefficient (Wildman–Crippen LogP) is 1.66. The van der Waals surface area contributed by atoms with Crippen LogP contribution in [0.5, 0.6) is 0 Å². The maximum Gasteiger partial charge on any atom is 0.241 e. The molecule has 0 amide bonds. The van der Waals surface area contributed by atoms with E-state index in [0.717, 1.165) is 0 Å². The number of halogens is 1. The Balaban J connectivity index is 3.09. The monoisotopic (exact) mass is 276 g/mol. The molecule has 0 aliphatic carbocycles. The summed E-state index contributed by atoms with van der Waals surface area (Å²) in [4.78, 5) is 0.205. The highest BCUT2D eigenvalue weighted by Crippen LogP contribution is 2.20. The Morgan fingerprint density at radius 1 is 1.47 bits per heavy atom. The summed E-state index contributed by atoms with van der Waals surface area (Å²) < 4.78 is 26.8. The van der Waals surface area contributed by atoms with Crippen LogP contribution in [0.4, 0.5) is 0 Å². The van der Waals surface area contributed by atoms with Crippen molar-refractivity contribution in [3.05, 3.63) is 28.8 Å². The van der Waals surface area contributed by atoms with Gasteiger partial charge in [0.1, 0.15) is 0 Å². The fraction of sp³-hybridized carbons (Fsp3) is 0.455. The van der Waals surface area contributed by atoms with E-state index in [4.69, 9.17) is 17.3 Å². The van der Waals surface area contributed by atoms with E-state index in [2.05, 4.69) is 4.72 Å². The van der Waals surface area contributed by atoms with Crippen LogP contribution in [0.2, 0.25) is 5.02 Å². The number of nitrogens with one attached hydrogen (secondary N) is 1. The van der Waals surface area contributed by atoms with Crippen molar-refractivity contribution in [2.75, 3.05) is 6.54 Å². The Morgan fingerprint density at radius 2 is 2.12 bits per heavy atom. The molecular formula is C11H17ClN2O2S. The Labute approximate surface area is 107 Å². The molecule has 96 valence electrons. The molecule has 0 spiro atoms. The van der Waals surface area contributed by atoms with Crippen LogP contribution in [0.3, 0.4) is 0 Å². The molecule has 0 fully saturated rings. The topological polar surface area (TPSA) is 72.2 Å². The lowest BCUT2D eigenvalue weighted by atomic mass is 10.2. The van der Waals surface area contributed by atoms with Crippen LogP contribution < -0.4 is 10.5 Å². The molecule has 17 heavy (non-hydrogen) atoms. The SMILES string of the molecule is CCC(CN)NS(=O)(=O)c1cc(Cl)ccc1C. The van der Waals surface area contributed by atoms with Crippen molar-refractivity contribution in [3.8, 4) is 0 Å². The van der Waals surface area contributed by atoms with Crippen LogP contribution in [0.15, 0.2) is 23.1 Å². The van der Waals surface area contributed by atoms with Gasteiger partial charge < -0.3 is 5.73 Å². The van der Waals surface area contributed by atoms with Crippen molar-refractivity contribution in [3.63, 3.8) is 0 Å². The molecule has 1 aromatic rings. The number of aryl methyl sites for hydroxylation is 1. The van der Waals surface area contributed by atoms with Gasteiger partial charge in [0.25, 0.3) is 0 Å². The van der Waals surface area contributed by atoms with Gasteiger partial charge in [0.05, 0.1) is 4.90 Å². The van der Waals surface area contributed by atoms with Gasteiger partial charge in [-0.25, -0.2) is 13.1 Å². The minimum atomic E-state index is -3.55. The zero-order valence-corrected chi connectivity index (χ0v) is 11.5. The van der Waals surface area contributed by atoms with Crippen molar-refractivity contribution in [2.45, 2.75) is 31.2 Å². The van der Waals surface area contributed by atoms with Gasteiger partial charge in [0, 0.05) is 17.6 Å². The predicted molar refractivity (Wildman–Crippen MR) is 69.6 cm³/mol. The first-order valence-electron chi connectivity index (χ1n) is 5.39. The molecule has 1 aromatic carbocycles. The molecule has 0 aliphatic heterocycles. The quantitative estimate of drug-likeness (QED) is 0.859. The third-order valence-electron chi connectivity index (χ3n) is 2.54. The van der Waals surface area contributed by atoms with Gasteiger partial charge in [0.15, 0.2) is 0 Å². The summed E-state index contributed by atoms with van der Waals surface area (Å²) in [5.41, 5.74) is 6.14. The molecule has 1 rings (SSSR count). The third-order valence-corrected chi connectivity index (χ3v) is 4.44. The first-order valence-corrected chi connectivity index (χ1v) is 7.25. The summed E-state index contributed by atoms with van der Waals surface area (Å²) in [7, 11) is -3.55. The lowest BCUT2D eigenvalue weighted by Gasteiger charge is -2.16. The Kier molecular flexibility index (Phi) is 4.94. The van der Waals surface area contributed by atoms with E-state index < -0.39 is 10.0 Å². The Hall–Kier alpha value is -0.620. The second kappa shape index (κ2) is 5.82.